The molecule has 0 fully saturated rings. The molecule has 2 aromatic rings. The molecule has 0 unspecified atom stereocenters. The molecule has 0 aliphatic heterocycles. The fourth-order valence-electron chi connectivity index (χ4n) is 1.84. The third kappa shape index (κ3) is 5.38. The van der Waals surface area contributed by atoms with Crippen molar-refractivity contribution in [1.29, 1.82) is 0 Å². The van der Waals surface area contributed by atoms with Crippen LogP contribution in [0.25, 0.3) is 0 Å². The molecule has 0 saturated heterocycles. The lowest BCUT2D eigenvalue weighted by atomic mass is 10.2. The molecule has 0 aliphatic rings. The Kier molecular flexibility index (Phi) is 6.11. The first-order valence-electron chi connectivity index (χ1n) is 7.44. The van der Waals surface area contributed by atoms with Crippen LogP contribution in [0.1, 0.15) is 19.4 Å². The van der Waals surface area contributed by atoms with Crippen molar-refractivity contribution >= 4 is 28.9 Å². The van der Waals surface area contributed by atoms with Gasteiger partial charge in [-0.2, -0.15) is 0 Å². The summed E-state index contributed by atoms with van der Waals surface area (Å²) in [4.78, 5) is 11.7. The number of hydrogen-bond donors (Lipinski definition) is 2. The van der Waals surface area contributed by atoms with Crippen molar-refractivity contribution in [3.63, 3.8) is 0 Å². The van der Waals surface area contributed by atoms with Gasteiger partial charge in [-0.3, -0.25) is 4.79 Å². The van der Waals surface area contributed by atoms with Gasteiger partial charge in [-0.15, -0.1) is 0 Å². The van der Waals surface area contributed by atoms with Gasteiger partial charge in [0.15, 0.2) is 5.11 Å². The molecule has 0 aliphatic carbocycles. The van der Waals surface area contributed by atoms with E-state index in [1.807, 2.05) is 68.4 Å². The van der Waals surface area contributed by atoms with Crippen LogP contribution in [0.3, 0.4) is 0 Å². The number of carbonyl (C=O) groups excluding carboxylic acids is 1. The van der Waals surface area contributed by atoms with Crippen molar-refractivity contribution in [3.05, 3.63) is 60.2 Å². The molecule has 0 radical (unpaired) electrons. The topological polar surface area (TPSA) is 50.4 Å². The highest BCUT2D eigenvalue weighted by atomic mass is 32.1. The summed E-state index contributed by atoms with van der Waals surface area (Å²) in [5, 5.41) is 5.93. The highest BCUT2D eigenvalue weighted by Gasteiger charge is 2.10. The zero-order valence-electron chi connectivity index (χ0n) is 13.2. The Morgan fingerprint density at radius 3 is 2.43 bits per heavy atom. The number of anilines is 1. The Labute approximate surface area is 141 Å². The second-order valence-electron chi connectivity index (χ2n) is 5.37. The minimum Gasteiger partial charge on any atom is -0.487 e. The number of carbonyl (C=O) groups is 1. The fraction of sp³-hybridized carbons (Fsp3) is 0.222. The molecule has 5 heteroatoms. The number of thiocarbonyl (C=S) groups is 1. The van der Waals surface area contributed by atoms with Crippen LogP contribution in [0.4, 0.5) is 5.69 Å². The maximum atomic E-state index is 11.7. The molecule has 0 heterocycles. The van der Waals surface area contributed by atoms with Gasteiger partial charge in [0.2, 0.25) is 5.91 Å². The second-order valence-corrected chi connectivity index (χ2v) is 5.78. The van der Waals surface area contributed by atoms with Crippen molar-refractivity contribution in [1.82, 2.24) is 5.32 Å². The van der Waals surface area contributed by atoms with Crippen molar-refractivity contribution in [2.45, 2.75) is 20.5 Å². The number of rotatable bonds is 5. The summed E-state index contributed by atoms with van der Waals surface area (Å²) < 4.78 is 5.84. The summed E-state index contributed by atoms with van der Waals surface area (Å²) in [5.41, 5.74) is 1.80. The summed E-state index contributed by atoms with van der Waals surface area (Å²) >= 11 is 5.17. The van der Waals surface area contributed by atoms with Crippen LogP contribution in [-0.2, 0) is 11.4 Å². The third-order valence-electron chi connectivity index (χ3n) is 3.13. The Morgan fingerprint density at radius 2 is 1.74 bits per heavy atom. The van der Waals surface area contributed by atoms with Crippen molar-refractivity contribution in [2.75, 3.05) is 5.32 Å². The predicted octanol–water partition coefficient (Wildman–Crippen LogP) is 3.73. The van der Waals surface area contributed by atoms with Crippen LogP contribution in [-0.4, -0.2) is 11.0 Å². The Hall–Kier alpha value is -2.40. The standard InChI is InChI=1S/C18H20N2O2S/c1-13(2)17(21)20-18(23)19-15-10-6-7-11-16(15)22-12-14-8-4-3-5-9-14/h3-11,13H,12H2,1-2H3,(H2,19,20,21,23). The monoisotopic (exact) mass is 328 g/mol. The minimum atomic E-state index is -0.126. The summed E-state index contributed by atoms with van der Waals surface area (Å²) in [5.74, 6) is 0.432. The molecule has 0 bridgehead atoms. The van der Waals surface area contributed by atoms with Crippen LogP contribution in [0.5, 0.6) is 5.75 Å². The molecule has 0 spiro atoms. The van der Waals surface area contributed by atoms with E-state index in [0.29, 0.717) is 12.4 Å². The molecule has 1 amide bonds. The SMILES string of the molecule is CC(C)C(=O)NC(=S)Nc1ccccc1OCc1ccccc1. The molecule has 0 aromatic heterocycles. The predicted molar refractivity (Wildman–Crippen MR) is 96.4 cm³/mol. The van der Waals surface area contributed by atoms with Crippen molar-refractivity contribution < 1.29 is 9.53 Å². The Balaban J connectivity index is 2.00. The highest BCUT2D eigenvalue weighted by Crippen LogP contribution is 2.24. The van der Waals surface area contributed by atoms with Crippen molar-refractivity contribution in [3.8, 4) is 5.75 Å². The lowest BCUT2D eigenvalue weighted by molar-refractivity contribution is -0.122. The van der Waals surface area contributed by atoms with Crippen LogP contribution < -0.4 is 15.4 Å². The number of benzene rings is 2. The molecule has 4 nitrogen and oxygen atoms in total. The van der Waals surface area contributed by atoms with E-state index in [0.717, 1.165) is 11.3 Å². The zero-order valence-corrected chi connectivity index (χ0v) is 14.0. The maximum Gasteiger partial charge on any atom is 0.228 e. The summed E-state index contributed by atoms with van der Waals surface area (Å²) in [6.07, 6.45) is 0. The van der Waals surface area contributed by atoms with E-state index in [1.54, 1.807) is 0 Å². The summed E-state index contributed by atoms with van der Waals surface area (Å²) in [6, 6.07) is 17.4. The smallest absolute Gasteiger partial charge is 0.228 e. The third-order valence-corrected chi connectivity index (χ3v) is 3.34. The second kappa shape index (κ2) is 8.29. The first-order chi connectivity index (χ1) is 11.1. The first kappa shape index (κ1) is 17.0. The van der Waals surface area contributed by atoms with Gasteiger partial charge in [-0.1, -0.05) is 56.3 Å². The molecule has 0 atom stereocenters. The van der Waals surface area contributed by atoms with Gasteiger partial charge in [0.05, 0.1) is 5.69 Å². The summed E-state index contributed by atoms with van der Waals surface area (Å²) in [7, 11) is 0. The maximum absolute atomic E-state index is 11.7. The Bertz CT molecular complexity index is 672. The Morgan fingerprint density at radius 1 is 1.09 bits per heavy atom. The normalized spacial score (nSPS) is 10.2. The average molecular weight is 328 g/mol. The van der Waals surface area contributed by atoms with Crippen LogP contribution in [0, 0.1) is 5.92 Å². The van der Waals surface area contributed by atoms with E-state index in [-0.39, 0.29) is 16.9 Å². The fourth-order valence-corrected chi connectivity index (χ4v) is 2.05. The van der Waals surface area contributed by atoms with Gasteiger partial charge >= 0.3 is 0 Å². The highest BCUT2D eigenvalue weighted by molar-refractivity contribution is 7.80. The number of hydrogen-bond acceptors (Lipinski definition) is 3. The largest absolute Gasteiger partial charge is 0.487 e. The van der Waals surface area contributed by atoms with Crippen LogP contribution in [0.15, 0.2) is 54.6 Å². The molecule has 2 aromatic carbocycles. The van der Waals surface area contributed by atoms with Gasteiger partial charge in [-0.25, -0.2) is 0 Å². The average Bonchev–Trinajstić information content (AvgIpc) is 2.54. The van der Waals surface area contributed by atoms with Gasteiger partial charge in [0, 0.05) is 5.92 Å². The lowest BCUT2D eigenvalue weighted by Gasteiger charge is -2.15. The molecular weight excluding hydrogens is 308 g/mol. The zero-order chi connectivity index (χ0) is 16.7. The lowest BCUT2D eigenvalue weighted by Crippen LogP contribution is -2.36. The molecule has 2 rings (SSSR count). The van der Waals surface area contributed by atoms with Gasteiger partial charge in [-0.05, 0) is 29.9 Å². The van der Waals surface area contributed by atoms with E-state index in [2.05, 4.69) is 10.6 Å². The van der Waals surface area contributed by atoms with E-state index in [4.69, 9.17) is 17.0 Å². The molecule has 23 heavy (non-hydrogen) atoms. The van der Waals surface area contributed by atoms with Gasteiger partial charge in [0.25, 0.3) is 0 Å². The molecular formula is C18H20N2O2S. The minimum absolute atomic E-state index is 0.120. The summed E-state index contributed by atoms with van der Waals surface area (Å²) in [6.45, 7) is 4.09. The molecule has 120 valence electrons. The van der Waals surface area contributed by atoms with E-state index in [1.165, 1.54) is 0 Å². The van der Waals surface area contributed by atoms with Crippen molar-refractivity contribution in [2.24, 2.45) is 5.92 Å². The number of para-hydroxylation sites is 2. The molecule has 0 saturated carbocycles. The van der Waals surface area contributed by atoms with E-state index >= 15 is 0 Å². The van der Waals surface area contributed by atoms with E-state index in [9.17, 15) is 4.79 Å². The van der Waals surface area contributed by atoms with Gasteiger partial charge in [0.1, 0.15) is 12.4 Å². The number of amides is 1. The first-order valence-corrected chi connectivity index (χ1v) is 7.84. The van der Waals surface area contributed by atoms with Crippen LogP contribution >= 0.6 is 12.2 Å². The van der Waals surface area contributed by atoms with Crippen LogP contribution in [0.2, 0.25) is 0 Å². The van der Waals surface area contributed by atoms with E-state index < -0.39 is 0 Å². The quantitative estimate of drug-likeness (QED) is 0.821. The molecule has 2 N–H and O–H groups in total. The van der Waals surface area contributed by atoms with Gasteiger partial charge < -0.3 is 15.4 Å². The number of nitrogens with one attached hydrogen (secondary N) is 2. The number of ether oxygens (including phenoxy) is 1.